The highest BCUT2D eigenvalue weighted by molar-refractivity contribution is 14.1. The molecule has 0 aromatic carbocycles. The highest BCUT2D eigenvalue weighted by Gasteiger charge is 2.24. The molecule has 0 unspecified atom stereocenters. The smallest absolute Gasteiger partial charge is 0.143 e. The van der Waals surface area contributed by atoms with Crippen LogP contribution in [0.25, 0.3) is 0 Å². The zero-order chi connectivity index (χ0) is 13.8. The van der Waals surface area contributed by atoms with E-state index in [1.165, 1.54) is 38.5 Å². The fraction of sp³-hybridized carbons (Fsp3) is 0.733. The molecule has 1 fully saturated rings. The highest BCUT2D eigenvalue weighted by atomic mass is 127. The van der Waals surface area contributed by atoms with Crippen molar-refractivity contribution < 1.29 is 0 Å². The van der Waals surface area contributed by atoms with Crippen LogP contribution in [0.2, 0.25) is 0 Å². The fourth-order valence-corrected chi connectivity index (χ4v) is 3.56. The molecule has 1 aliphatic carbocycles. The van der Waals surface area contributed by atoms with Crippen LogP contribution in [0.5, 0.6) is 0 Å². The lowest BCUT2D eigenvalue weighted by Gasteiger charge is -2.27. The van der Waals surface area contributed by atoms with Crippen LogP contribution in [-0.4, -0.2) is 17.0 Å². The van der Waals surface area contributed by atoms with Crippen molar-refractivity contribution >= 4 is 28.4 Å². The molecule has 1 saturated carbocycles. The molecule has 0 aliphatic heterocycles. The van der Waals surface area contributed by atoms with E-state index >= 15 is 0 Å². The largest absolute Gasteiger partial charge is 0.372 e. The van der Waals surface area contributed by atoms with E-state index in [4.69, 9.17) is 9.97 Å². The first kappa shape index (κ1) is 15.0. The molecule has 1 N–H and O–H groups in total. The summed E-state index contributed by atoms with van der Waals surface area (Å²) < 4.78 is 1.14. The van der Waals surface area contributed by atoms with Crippen LogP contribution < -0.4 is 5.32 Å². The quantitative estimate of drug-likeness (QED) is 0.790. The molecule has 106 valence electrons. The van der Waals surface area contributed by atoms with Gasteiger partial charge < -0.3 is 5.32 Å². The molecule has 0 bridgehead atoms. The van der Waals surface area contributed by atoms with Crippen molar-refractivity contribution in [1.29, 1.82) is 0 Å². The molecule has 1 heterocycles. The Kier molecular flexibility index (Phi) is 5.42. The average molecular weight is 373 g/mol. The average Bonchev–Trinajstić information content (AvgIpc) is 2.43. The molecule has 4 heteroatoms. The summed E-state index contributed by atoms with van der Waals surface area (Å²) in [4.78, 5) is 9.43. The normalized spacial score (nSPS) is 23.4. The van der Waals surface area contributed by atoms with E-state index in [1.807, 2.05) is 7.05 Å². The second-order valence-corrected chi connectivity index (χ2v) is 6.66. The molecule has 2 rings (SSSR count). The van der Waals surface area contributed by atoms with E-state index in [1.54, 1.807) is 0 Å². The lowest BCUT2D eigenvalue weighted by Crippen LogP contribution is -2.16. The Morgan fingerprint density at radius 3 is 2.47 bits per heavy atom. The minimum atomic E-state index is 0.566. The monoisotopic (exact) mass is 373 g/mol. The van der Waals surface area contributed by atoms with Crippen LogP contribution in [0, 0.1) is 16.4 Å². The number of aryl methyl sites for hydroxylation is 1. The Bertz CT molecular complexity index is 426. The summed E-state index contributed by atoms with van der Waals surface area (Å²) in [5.41, 5.74) is 1.10. The molecule has 0 amide bonds. The van der Waals surface area contributed by atoms with Gasteiger partial charge in [-0.2, -0.15) is 0 Å². The van der Waals surface area contributed by atoms with E-state index < -0.39 is 0 Å². The SMILES string of the molecule is CCCC1CCC(c2nc(C)c(I)c(NC)n2)CC1. The van der Waals surface area contributed by atoms with Gasteiger partial charge in [-0.05, 0) is 61.1 Å². The molecule has 0 spiro atoms. The molecular weight excluding hydrogens is 349 g/mol. The fourth-order valence-electron chi connectivity index (χ4n) is 3.05. The van der Waals surface area contributed by atoms with Crippen molar-refractivity contribution in [3.8, 4) is 0 Å². The summed E-state index contributed by atoms with van der Waals surface area (Å²) in [7, 11) is 1.94. The van der Waals surface area contributed by atoms with Crippen LogP contribution in [-0.2, 0) is 0 Å². The minimum Gasteiger partial charge on any atom is -0.372 e. The predicted octanol–water partition coefficient (Wildman–Crippen LogP) is 4.51. The van der Waals surface area contributed by atoms with Gasteiger partial charge in [0.1, 0.15) is 11.6 Å². The molecule has 0 saturated heterocycles. The maximum atomic E-state index is 4.72. The Hall–Kier alpha value is -0.390. The number of aromatic nitrogens is 2. The van der Waals surface area contributed by atoms with Gasteiger partial charge in [0.15, 0.2) is 0 Å². The molecule has 0 atom stereocenters. The van der Waals surface area contributed by atoms with Gasteiger partial charge in [0, 0.05) is 13.0 Å². The number of hydrogen-bond acceptors (Lipinski definition) is 3. The topological polar surface area (TPSA) is 37.8 Å². The van der Waals surface area contributed by atoms with Gasteiger partial charge in [0.25, 0.3) is 0 Å². The molecule has 1 aromatic rings. The van der Waals surface area contributed by atoms with Gasteiger partial charge in [0.05, 0.1) is 9.26 Å². The summed E-state index contributed by atoms with van der Waals surface area (Å²) >= 11 is 2.32. The lowest BCUT2D eigenvalue weighted by molar-refractivity contribution is 0.302. The molecule has 1 aliphatic rings. The number of hydrogen-bond donors (Lipinski definition) is 1. The van der Waals surface area contributed by atoms with E-state index in [2.05, 4.69) is 41.8 Å². The van der Waals surface area contributed by atoms with Crippen LogP contribution in [0.15, 0.2) is 0 Å². The molecular formula is C15H24IN3. The molecule has 3 nitrogen and oxygen atoms in total. The van der Waals surface area contributed by atoms with Crippen molar-refractivity contribution in [2.75, 3.05) is 12.4 Å². The number of rotatable bonds is 4. The third-order valence-electron chi connectivity index (χ3n) is 4.18. The van der Waals surface area contributed by atoms with Crippen LogP contribution in [0.1, 0.15) is 62.9 Å². The molecule has 19 heavy (non-hydrogen) atoms. The Labute approximate surface area is 130 Å². The number of halogens is 1. The molecule has 0 radical (unpaired) electrons. The summed E-state index contributed by atoms with van der Waals surface area (Å²) in [5, 5.41) is 3.19. The number of nitrogens with one attached hydrogen (secondary N) is 1. The van der Waals surface area contributed by atoms with Gasteiger partial charge in [-0.15, -0.1) is 0 Å². The Morgan fingerprint density at radius 1 is 1.21 bits per heavy atom. The number of anilines is 1. The lowest BCUT2D eigenvalue weighted by atomic mass is 9.80. The Balaban J connectivity index is 2.09. The first-order valence-corrected chi connectivity index (χ1v) is 8.45. The highest BCUT2D eigenvalue weighted by Crippen LogP contribution is 2.37. The van der Waals surface area contributed by atoms with Crippen molar-refractivity contribution in [1.82, 2.24) is 9.97 Å². The van der Waals surface area contributed by atoms with Gasteiger partial charge >= 0.3 is 0 Å². The second-order valence-electron chi connectivity index (χ2n) is 5.59. The van der Waals surface area contributed by atoms with Crippen molar-refractivity contribution in [3.63, 3.8) is 0 Å². The van der Waals surface area contributed by atoms with Crippen molar-refractivity contribution in [3.05, 3.63) is 15.1 Å². The standard InChI is InChI=1S/C15H24IN3/c1-4-5-11-6-8-12(9-7-11)14-18-10(2)13(16)15(17-3)19-14/h11-12H,4-9H2,1-3H3,(H,17,18,19). The first-order valence-electron chi connectivity index (χ1n) is 7.37. The van der Waals surface area contributed by atoms with Crippen LogP contribution >= 0.6 is 22.6 Å². The van der Waals surface area contributed by atoms with Gasteiger partial charge in [-0.25, -0.2) is 9.97 Å². The molecule has 1 aromatic heterocycles. The van der Waals surface area contributed by atoms with Gasteiger partial charge in [0.2, 0.25) is 0 Å². The number of nitrogens with zero attached hydrogens (tertiary/aromatic N) is 2. The van der Waals surface area contributed by atoms with E-state index in [0.29, 0.717) is 5.92 Å². The summed E-state index contributed by atoms with van der Waals surface area (Å²) in [6.45, 7) is 4.37. The van der Waals surface area contributed by atoms with E-state index in [9.17, 15) is 0 Å². The van der Waals surface area contributed by atoms with E-state index in [-0.39, 0.29) is 0 Å². The van der Waals surface area contributed by atoms with Crippen LogP contribution in [0.4, 0.5) is 5.82 Å². The van der Waals surface area contributed by atoms with Gasteiger partial charge in [-0.1, -0.05) is 19.8 Å². The van der Waals surface area contributed by atoms with Crippen molar-refractivity contribution in [2.45, 2.75) is 58.3 Å². The second kappa shape index (κ2) is 6.86. The van der Waals surface area contributed by atoms with Gasteiger partial charge in [-0.3, -0.25) is 0 Å². The zero-order valence-electron chi connectivity index (χ0n) is 12.2. The summed E-state index contributed by atoms with van der Waals surface area (Å²) in [6.07, 6.45) is 7.92. The Morgan fingerprint density at radius 2 is 1.89 bits per heavy atom. The third kappa shape index (κ3) is 3.58. The first-order chi connectivity index (χ1) is 9.15. The summed E-state index contributed by atoms with van der Waals surface area (Å²) in [5.74, 6) is 3.54. The van der Waals surface area contributed by atoms with Crippen LogP contribution in [0.3, 0.4) is 0 Å². The zero-order valence-corrected chi connectivity index (χ0v) is 14.3. The maximum absolute atomic E-state index is 4.72. The van der Waals surface area contributed by atoms with E-state index in [0.717, 1.165) is 26.8 Å². The van der Waals surface area contributed by atoms with Crippen molar-refractivity contribution in [2.24, 2.45) is 5.92 Å². The summed E-state index contributed by atoms with van der Waals surface area (Å²) in [6, 6.07) is 0. The maximum Gasteiger partial charge on any atom is 0.143 e. The minimum absolute atomic E-state index is 0.566. The predicted molar refractivity (Wildman–Crippen MR) is 88.6 cm³/mol. The third-order valence-corrected chi connectivity index (χ3v) is 5.47.